The van der Waals surface area contributed by atoms with Gasteiger partial charge >= 0.3 is 0 Å². The summed E-state index contributed by atoms with van der Waals surface area (Å²) in [6.07, 6.45) is 3.91. The molecule has 4 nitrogen and oxygen atoms in total. The number of likely N-dealkylation sites (tertiary alicyclic amines) is 1. The number of hydrogen-bond donors (Lipinski definition) is 1. The molecule has 0 bridgehead atoms. The van der Waals surface area contributed by atoms with Gasteiger partial charge in [-0.05, 0) is 60.4 Å². The van der Waals surface area contributed by atoms with Crippen LogP contribution in [-0.4, -0.2) is 27.7 Å². The Morgan fingerprint density at radius 2 is 1.62 bits per heavy atom. The molecule has 0 aromatic heterocycles. The SMILES string of the molecule is Cc1ccc(C(C)(C)C)cc1/C(O)=C1\C(=O)C(=O)N(C2CCCC2)C1c1ccccc1C. The molecule has 0 spiro atoms. The van der Waals surface area contributed by atoms with Gasteiger partial charge in [-0.25, -0.2) is 0 Å². The molecule has 1 aliphatic carbocycles. The van der Waals surface area contributed by atoms with E-state index in [1.165, 1.54) is 0 Å². The van der Waals surface area contributed by atoms with Gasteiger partial charge in [0.05, 0.1) is 11.6 Å². The summed E-state index contributed by atoms with van der Waals surface area (Å²) >= 11 is 0. The molecule has 0 radical (unpaired) electrons. The molecule has 1 saturated carbocycles. The number of carbonyl (C=O) groups excluding carboxylic acids is 2. The van der Waals surface area contributed by atoms with Crippen molar-refractivity contribution >= 4 is 17.4 Å². The standard InChI is InChI=1S/C28H33NO3/c1-17-10-6-9-13-21(17)24-23(26(31)27(32)29(24)20-11-7-8-12-20)25(30)22-16-19(28(3,4)5)15-14-18(22)2/h6,9-10,13-16,20,24,30H,7-8,11-12H2,1-5H3/b25-23+. The number of ketones is 1. The molecule has 4 rings (SSSR count). The zero-order chi connectivity index (χ0) is 23.2. The first-order valence-electron chi connectivity index (χ1n) is 11.6. The molecule has 2 fully saturated rings. The Balaban J connectivity index is 1.95. The van der Waals surface area contributed by atoms with Gasteiger partial charge in [0.1, 0.15) is 5.76 Å². The summed E-state index contributed by atoms with van der Waals surface area (Å²) in [4.78, 5) is 28.4. The molecule has 2 aliphatic rings. The Labute approximate surface area is 191 Å². The number of Topliss-reactive ketones (excluding diaryl/α,β-unsaturated/α-hetero) is 1. The zero-order valence-electron chi connectivity index (χ0n) is 19.7. The predicted octanol–water partition coefficient (Wildman–Crippen LogP) is 5.97. The van der Waals surface area contributed by atoms with Gasteiger partial charge in [-0.2, -0.15) is 0 Å². The van der Waals surface area contributed by atoms with Gasteiger partial charge in [0.2, 0.25) is 0 Å². The third-order valence-electron chi connectivity index (χ3n) is 7.04. The van der Waals surface area contributed by atoms with Crippen molar-refractivity contribution in [2.45, 2.75) is 77.8 Å². The smallest absolute Gasteiger partial charge is 0.295 e. The normalized spacial score (nSPS) is 21.5. The number of carbonyl (C=O) groups is 2. The van der Waals surface area contributed by atoms with E-state index in [4.69, 9.17) is 0 Å². The molecule has 1 heterocycles. The molecule has 1 N–H and O–H groups in total. The van der Waals surface area contributed by atoms with Crippen LogP contribution in [0.25, 0.3) is 5.76 Å². The van der Waals surface area contributed by atoms with Crippen LogP contribution in [0.15, 0.2) is 48.0 Å². The monoisotopic (exact) mass is 431 g/mol. The van der Waals surface area contributed by atoms with E-state index in [9.17, 15) is 14.7 Å². The lowest BCUT2D eigenvalue weighted by Gasteiger charge is -2.31. The fourth-order valence-corrected chi connectivity index (χ4v) is 5.10. The van der Waals surface area contributed by atoms with E-state index in [1.54, 1.807) is 4.90 Å². The van der Waals surface area contributed by atoms with Crippen molar-refractivity contribution in [1.29, 1.82) is 0 Å². The predicted molar refractivity (Wildman–Crippen MR) is 127 cm³/mol. The summed E-state index contributed by atoms with van der Waals surface area (Å²) < 4.78 is 0. The number of aliphatic hydroxyl groups is 1. The van der Waals surface area contributed by atoms with E-state index in [1.807, 2.05) is 50.2 Å². The molecule has 2 aromatic carbocycles. The topological polar surface area (TPSA) is 57.6 Å². The number of benzene rings is 2. The van der Waals surface area contributed by atoms with Crippen LogP contribution in [0.3, 0.4) is 0 Å². The lowest BCUT2D eigenvalue weighted by Crippen LogP contribution is -2.37. The molecular weight excluding hydrogens is 398 g/mol. The van der Waals surface area contributed by atoms with E-state index < -0.39 is 17.7 Å². The quantitative estimate of drug-likeness (QED) is 0.370. The zero-order valence-corrected chi connectivity index (χ0v) is 19.7. The fourth-order valence-electron chi connectivity index (χ4n) is 5.10. The van der Waals surface area contributed by atoms with E-state index in [0.717, 1.165) is 47.9 Å². The molecule has 1 amide bonds. The molecule has 1 saturated heterocycles. The molecular formula is C28H33NO3. The molecule has 4 heteroatoms. The minimum absolute atomic E-state index is 0.0309. The molecule has 1 aliphatic heterocycles. The summed E-state index contributed by atoms with van der Waals surface area (Å²) in [6, 6.07) is 13.3. The number of hydrogen-bond acceptors (Lipinski definition) is 3. The highest BCUT2D eigenvalue weighted by Gasteiger charge is 2.49. The molecule has 2 aromatic rings. The average Bonchev–Trinajstić information content (AvgIpc) is 3.34. The van der Waals surface area contributed by atoms with Gasteiger partial charge in [-0.3, -0.25) is 9.59 Å². The second kappa shape index (κ2) is 8.23. The van der Waals surface area contributed by atoms with Crippen molar-refractivity contribution in [3.8, 4) is 0 Å². The Bertz CT molecular complexity index is 1100. The van der Waals surface area contributed by atoms with Gasteiger partial charge in [-0.1, -0.05) is 70.0 Å². The lowest BCUT2D eigenvalue weighted by atomic mass is 9.84. The summed E-state index contributed by atoms with van der Waals surface area (Å²) in [5.41, 5.74) is 4.60. The number of aryl methyl sites for hydroxylation is 2. The van der Waals surface area contributed by atoms with Crippen LogP contribution in [0, 0.1) is 13.8 Å². The maximum atomic E-state index is 13.4. The molecule has 1 atom stereocenters. The lowest BCUT2D eigenvalue weighted by molar-refractivity contribution is -0.141. The van der Waals surface area contributed by atoms with Crippen molar-refractivity contribution in [2.24, 2.45) is 0 Å². The largest absolute Gasteiger partial charge is 0.507 e. The van der Waals surface area contributed by atoms with Gasteiger partial charge in [0, 0.05) is 11.6 Å². The Hall–Kier alpha value is -2.88. The van der Waals surface area contributed by atoms with Crippen LogP contribution in [0.4, 0.5) is 0 Å². The second-order valence-electron chi connectivity index (χ2n) is 10.3. The maximum absolute atomic E-state index is 13.4. The highest BCUT2D eigenvalue weighted by Crippen LogP contribution is 2.44. The Morgan fingerprint density at radius 3 is 2.25 bits per heavy atom. The minimum Gasteiger partial charge on any atom is -0.507 e. The average molecular weight is 432 g/mol. The van der Waals surface area contributed by atoms with E-state index >= 15 is 0 Å². The number of amides is 1. The number of nitrogens with zero attached hydrogens (tertiary/aromatic N) is 1. The van der Waals surface area contributed by atoms with Crippen LogP contribution in [0.5, 0.6) is 0 Å². The molecule has 168 valence electrons. The summed E-state index contributed by atoms with van der Waals surface area (Å²) in [5, 5.41) is 11.5. The fraction of sp³-hybridized carbons (Fsp3) is 0.429. The van der Waals surface area contributed by atoms with E-state index in [-0.39, 0.29) is 22.8 Å². The van der Waals surface area contributed by atoms with Crippen molar-refractivity contribution in [1.82, 2.24) is 4.90 Å². The first-order valence-corrected chi connectivity index (χ1v) is 11.6. The van der Waals surface area contributed by atoms with Crippen molar-refractivity contribution in [3.63, 3.8) is 0 Å². The van der Waals surface area contributed by atoms with Gasteiger partial charge in [-0.15, -0.1) is 0 Å². The third kappa shape index (κ3) is 3.76. The number of aliphatic hydroxyl groups excluding tert-OH is 1. The third-order valence-corrected chi connectivity index (χ3v) is 7.04. The Morgan fingerprint density at radius 1 is 0.969 bits per heavy atom. The van der Waals surface area contributed by atoms with Crippen molar-refractivity contribution in [2.75, 3.05) is 0 Å². The first-order chi connectivity index (χ1) is 15.1. The Kier molecular flexibility index (Phi) is 5.74. The summed E-state index contributed by atoms with van der Waals surface area (Å²) in [6.45, 7) is 10.3. The molecule has 1 unspecified atom stereocenters. The van der Waals surface area contributed by atoms with Gasteiger partial charge in [0.25, 0.3) is 11.7 Å². The van der Waals surface area contributed by atoms with E-state index in [2.05, 4.69) is 26.8 Å². The van der Waals surface area contributed by atoms with Crippen LogP contribution >= 0.6 is 0 Å². The van der Waals surface area contributed by atoms with Crippen LogP contribution in [0.2, 0.25) is 0 Å². The summed E-state index contributed by atoms with van der Waals surface area (Å²) in [7, 11) is 0. The van der Waals surface area contributed by atoms with Gasteiger partial charge in [0.15, 0.2) is 0 Å². The molecule has 32 heavy (non-hydrogen) atoms. The van der Waals surface area contributed by atoms with Crippen LogP contribution < -0.4 is 0 Å². The second-order valence-corrected chi connectivity index (χ2v) is 10.3. The van der Waals surface area contributed by atoms with E-state index in [0.29, 0.717) is 5.56 Å². The number of rotatable bonds is 3. The summed E-state index contributed by atoms with van der Waals surface area (Å²) in [5.74, 6) is -1.14. The highest BCUT2D eigenvalue weighted by atomic mass is 16.3. The van der Waals surface area contributed by atoms with Crippen LogP contribution in [-0.2, 0) is 15.0 Å². The van der Waals surface area contributed by atoms with Crippen LogP contribution in [0.1, 0.15) is 80.3 Å². The highest BCUT2D eigenvalue weighted by molar-refractivity contribution is 6.46. The van der Waals surface area contributed by atoms with Crippen molar-refractivity contribution in [3.05, 3.63) is 75.9 Å². The first kappa shape index (κ1) is 22.3. The van der Waals surface area contributed by atoms with Crippen molar-refractivity contribution < 1.29 is 14.7 Å². The maximum Gasteiger partial charge on any atom is 0.295 e. The minimum atomic E-state index is -0.580. The van der Waals surface area contributed by atoms with Gasteiger partial charge < -0.3 is 10.0 Å².